The summed E-state index contributed by atoms with van der Waals surface area (Å²) in [7, 11) is 1.55. The first-order chi connectivity index (χ1) is 10.7. The van der Waals surface area contributed by atoms with Crippen molar-refractivity contribution in [3.63, 3.8) is 0 Å². The van der Waals surface area contributed by atoms with Gasteiger partial charge in [-0.25, -0.2) is 0 Å². The molecule has 0 fully saturated rings. The van der Waals surface area contributed by atoms with Gasteiger partial charge in [-0.15, -0.1) is 0 Å². The van der Waals surface area contributed by atoms with Crippen molar-refractivity contribution in [2.45, 2.75) is 0 Å². The Bertz CT molecular complexity index is 1030. The maximum atomic E-state index is 11.5. The molecule has 0 aliphatic carbocycles. The zero-order valence-corrected chi connectivity index (χ0v) is 11.6. The Labute approximate surface area is 124 Å². The molecule has 2 aromatic carbocycles. The molecule has 0 saturated heterocycles. The van der Waals surface area contributed by atoms with E-state index < -0.39 is 11.1 Å². The van der Waals surface area contributed by atoms with Crippen molar-refractivity contribution in [1.29, 1.82) is 5.26 Å². The molecular weight excluding hydrogens is 282 g/mol. The van der Waals surface area contributed by atoms with Crippen LogP contribution in [-0.4, -0.2) is 17.1 Å². The number of nitrogens with one attached hydrogen (secondary N) is 2. The molecular formula is C16H11N3O3. The molecule has 0 saturated carbocycles. The molecule has 6 nitrogen and oxygen atoms in total. The molecule has 1 heterocycles. The Morgan fingerprint density at radius 3 is 2.45 bits per heavy atom. The third kappa shape index (κ3) is 2.05. The van der Waals surface area contributed by atoms with Crippen molar-refractivity contribution in [3.05, 3.63) is 62.7 Å². The van der Waals surface area contributed by atoms with Crippen LogP contribution in [0.5, 0.6) is 5.75 Å². The number of hydrogen-bond acceptors (Lipinski definition) is 4. The van der Waals surface area contributed by atoms with Gasteiger partial charge in [-0.3, -0.25) is 9.59 Å². The maximum Gasteiger partial charge on any atom is 0.314 e. The zero-order valence-electron chi connectivity index (χ0n) is 11.6. The van der Waals surface area contributed by atoms with E-state index in [2.05, 4.69) is 16.0 Å². The Morgan fingerprint density at radius 1 is 1.00 bits per heavy atom. The number of benzene rings is 2. The number of nitrogens with zero attached hydrogens (tertiary/aromatic N) is 1. The predicted octanol–water partition coefficient (Wildman–Crippen LogP) is 1.76. The fourth-order valence-corrected chi connectivity index (χ4v) is 2.39. The molecule has 0 unspecified atom stereocenters. The van der Waals surface area contributed by atoms with Crippen molar-refractivity contribution < 1.29 is 4.74 Å². The normalized spacial score (nSPS) is 10.4. The maximum absolute atomic E-state index is 11.5. The van der Waals surface area contributed by atoms with Crippen LogP contribution in [0.3, 0.4) is 0 Å². The molecule has 0 amide bonds. The Morgan fingerprint density at radius 2 is 1.73 bits per heavy atom. The van der Waals surface area contributed by atoms with Gasteiger partial charge < -0.3 is 14.7 Å². The van der Waals surface area contributed by atoms with E-state index >= 15 is 0 Å². The summed E-state index contributed by atoms with van der Waals surface area (Å²) in [5.74, 6) is 0.616. The zero-order chi connectivity index (χ0) is 15.7. The van der Waals surface area contributed by atoms with E-state index in [1.165, 1.54) is 0 Å². The van der Waals surface area contributed by atoms with Crippen LogP contribution in [0.15, 0.2) is 46.0 Å². The summed E-state index contributed by atoms with van der Waals surface area (Å²) >= 11 is 0. The largest absolute Gasteiger partial charge is 0.496 e. The summed E-state index contributed by atoms with van der Waals surface area (Å²) in [5.41, 5.74) is 0.791. The average Bonchev–Trinajstić information content (AvgIpc) is 2.55. The number of rotatable bonds is 2. The predicted molar refractivity (Wildman–Crippen MR) is 81.9 cm³/mol. The summed E-state index contributed by atoms with van der Waals surface area (Å²) in [4.78, 5) is 27.8. The first kappa shape index (κ1) is 13.6. The molecule has 0 aliphatic heterocycles. The van der Waals surface area contributed by atoms with Gasteiger partial charge in [0, 0.05) is 11.1 Å². The number of nitriles is 1. The number of ether oxygens (including phenoxy) is 1. The first-order valence-electron chi connectivity index (χ1n) is 6.48. The molecule has 22 heavy (non-hydrogen) atoms. The molecule has 0 radical (unpaired) electrons. The lowest BCUT2D eigenvalue weighted by Gasteiger charge is -2.11. The summed E-state index contributed by atoms with van der Waals surface area (Å²) in [6, 6.07) is 12.7. The molecule has 6 heteroatoms. The lowest BCUT2D eigenvalue weighted by molar-refractivity contribution is 0.416. The van der Waals surface area contributed by atoms with Crippen molar-refractivity contribution in [2.75, 3.05) is 7.11 Å². The monoisotopic (exact) mass is 293 g/mol. The summed E-state index contributed by atoms with van der Waals surface area (Å²) < 4.78 is 5.31. The molecule has 108 valence electrons. The molecule has 0 bridgehead atoms. The highest BCUT2D eigenvalue weighted by Gasteiger charge is 2.14. The molecule has 1 aromatic heterocycles. The second-order valence-electron chi connectivity index (χ2n) is 4.63. The van der Waals surface area contributed by atoms with Gasteiger partial charge in [0.2, 0.25) is 0 Å². The fraction of sp³-hybridized carbons (Fsp3) is 0.0625. The van der Waals surface area contributed by atoms with Crippen LogP contribution in [0.4, 0.5) is 0 Å². The number of aromatic nitrogens is 2. The summed E-state index contributed by atoms with van der Waals surface area (Å²) in [6.45, 7) is 0. The molecule has 0 aliphatic rings. The molecule has 2 N–H and O–H groups in total. The standard InChI is InChI=1S/C16H11N3O3/c1-22-13-5-3-2-4-10(13)9-6-7-12-14(11(9)8-17)19-16(21)15(20)18-12/h2-7H,1H3,(H,18,20)(H,19,21). The highest BCUT2D eigenvalue weighted by atomic mass is 16.5. The number of H-pyrrole nitrogens is 2. The van der Waals surface area contributed by atoms with Gasteiger partial charge in [-0.05, 0) is 12.1 Å². The first-order valence-corrected chi connectivity index (χ1v) is 6.48. The minimum atomic E-state index is -0.791. The van der Waals surface area contributed by atoms with Gasteiger partial charge in [0.1, 0.15) is 11.8 Å². The van der Waals surface area contributed by atoms with Gasteiger partial charge in [0.05, 0.1) is 23.7 Å². The number of para-hydroxylation sites is 1. The molecule has 3 rings (SSSR count). The Hall–Kier alpha value is -3.33. The number of hydrogen-bond donors (Lipinski definition) is 2. The van der Waals surface area contributed by atoms with Crippen LogP contribution in [0.25, 0.3) is 22.2 Å². The van der Waals surface area contributed by atoms with Crippen molar-refractivity contribution >= 4 is 11.0 Å². The third-order valence-corrected chi connectivity index (χ3v) is 3.41. The smallest absolute Gasteiger partial charge is 0.314 e. The van der Waals surface area contributed by atoms with E-state index in [0.717, 1.165) is 5.56 Å². The van der Waals surface area contributed by atoms with Crippen molar-refractivity contribution in [1.82, 2.24) is 9.97 Å². The summed E-state index contributed by atoms with van der Waals surface area (Å²) in [6.07, 6.45) is 0. The second-order valence-corrected chi connectivity index (χ2v) is 4.63. The fourth-order valence-electron chi connectivity index (χ4n) is 2.39. The highest BCUT2D eigenvalue weighted by Crippen LogP contribution is 2.33. The number of methoxy groups -OCH3 is 1. The third-order valence-electron chi connectivity index (χ3n) is 3.41. The van der Waals surface area contributed by atoms with Gasteiger partial charge in [-0.2, -0.15) is 5.26 Å². The van der Waals surface area contributed by atoms with E-state index in [1.54, 1.807) is 25.3 Å². The van der Waals surface area contributed by atoms with Crippen LogP contribution in [0.2, 0.25) is 0 Å². The minimum Gasteiger partial charge on any atom is -0.496 e. The van der Waals surface area contributed by atoms with Crippen molar-refractivity contribution in [3.8, 4) is 22.9 Å². The van der Waals surface area contributed by atoms with Gasteiger partial charge in [-0.1, -0.05) is 24.3 Å². The average molecular weight is 293 g/mol. The van der Waals surface area contributed by atoms with Crippen LogP contribution in [0, 0.1) is 11.3 Å². The lowest BCUT2D eigenvalue weighted by atomic mass is 9.98. The number of aromatic amines is 2. The van der Waals surface area contributed by atoms with E-state index in [1.807, 2.05) is 18.2 Å². The molecule has 0 atom stereocenters. The summed E-state index contributed by atoms with van der Waals surface area (Å²) in [5, 5.41) is 9.50. The van der Waals surface area contributed by atoms with Crippen LogP contribution in [0.1, 0.15) is 5.56 Å². The quantitative estimate of drug-likeness (QED) is 0.703. The lowest BCUT2D eigenvalue weighted by Crippen LogP contribution is -2.29. The minimum absolute atomic E-state index is 0.273. The Kier molecular flexibility index (Phi) is 3.24. The molecule has 3 aromatic rings. The van der Waals surface area contributed by atoms with Crippen molar-refractivity contribution in [2.24, 2.45) is 0 Å². The number of fused-ring (bicyclic) bond motifs is 1. The molecule has 0 spiro atoms. The van der Waals surface area contributed by atoms with E-state index in [0.29, 0.717) is 22.3 Å². The van der Waals surface area contributed by atoms with E-state index in [-0.39, 0.29) is 5.56 Å². The van der Waals surface area contributed by atoms with Crippen LogP contribution < -0.4 is 15.9 Å². The van der Waals surface area contributed by atoms with E-state index in [9.17, 15) is 14.9 Å². The van der Waals surface area contributed by atoms with Gasteiger partial charge >= 0.3 is 11.1 Å². The van der Waals surface area contributed by atoms with Gasteiger partial charge in [0.25, 0.3) is 0 Å². The topological polar surface area (TPSA) is 98.7 Å². The van der Waals surface area contributed by atoms with Crippen LogP contribution >= 0.6 is 0 Å². The van der Waals surface area contributed by atoms with Gasteiger partial charge in [0.15, 0.2) is 0 Å². The second kappa shape index (κ2) is 5.22. The van der Waals surface area contributed by atoms with E-state index in [4.69, 9.17) is 4.74 Å². The highest BCUT2D eigenvalue weighted by molar-refractivity contribution is 5.90. The Balaban J connectivity index is 2.41. The van der Waals surface area contributed by atoms with Crippen LogP contribution in [-0.2, 0) is 0 Å². The SMILES string of the molecule is COc1ccccc1-c1ccc2[nH]c(=O)c(=O)[nH]c2c1C#N.